The van der Waals surface area contributed by atoms with Crippen molar-refractivity contribution in [2.45, 2.75) is 63.8 Å². The molecular weight excluding hydrogens is 270 g/mol. The van der Waals surface area contributed by atoms with Crippen LogP contribution in [0.3, 0.4) is 0 Å². The van der Waals surface area contributed by atoms with Crippen molar-refractivity contribution in [3.8, 4) is 0 Å². The number of rotatable bonds is 6. The molecule has 2 rings (SSSR count). The monoisotopic (exact) mass is 293 g/mol. The second-order valence-electron chi connectivity index (χ2n) is 5.70. The molecule has 1 aromatic heterocycles. The zero-order valence-corrected chi connectivity index (χ0v) is 12.4. The number of H-pyrrole nitrogens is 1. The van der Waals surface area contributed by atoms with Gasteiger partial charge in [-0.05, 0) is 25.3 Å². The highest BCUT2D eigenvalue weighted by atomic mass is 16.4. The number of aromatic amines is 1. The fourth-order valence-electron chi connectivity index (χ4n) is 2.85. The molecule has 0 spiro atoms. The zero-order valence-electron chi connectivity index (χ0n) is 12.4. The Labute approximate surface area is 124 Å². The number of carboxylic acids is 1. The Hall–Kier alpha value is -1.85. The van der Waals surface area contributed by atoms with E-state index in [0.717, 1.165) is 18.5 Å². The first kappa shape index (κ1) is 15.5. The Morgan fingerprint density at radius 2 is 2.14 bits per heavy atom. The molecule has 1 atom stereocenters. The van der Waals surface area contributed by atoms with Gasteiger partial charge < -0.3 is 10.4 Å². The number of amides is 1. The highest BCUT2D eigenvalue weighted by molar-refractivity contribution is 5.95. The van der Waals surface area contributed by atoms with Gasteiger partial charge in [-0.2, -0.15) is 5.10 Å². The topological polar surface area (TPSA) is 95.1 Å². The van der Waals surface area contributed by atoms with Gasteiger partial charge in [-0.3, -0.25) is 9.89 Å². The lowest BCUT2D eigenvalue weighted by Crippen LogP contribution is -2.40. The van der Waals surface area contributed by atoms with Crippen LogP contribution < -0.4 is 5.32 Å². The molecule has 1 heterocycles. The molecule has 1 amide bonds. The molecule has 0 aromatic carbocycles. The first-order valence-corrected chi connectivity index (χ1v) is 7.70. The molecule has 0 saturated heterocycles. The Morgan fingerprint density at radius 1 is 1.43 bits per heavy atom. The van der Waals surface area contributed by atoms with Gasteiger partial charge in [-0.1, -0.05) is 32.6 Å². The molecule has 0 aliphatic heterocycles. The van der Waals surface area contributed by atoms with Gasteiger partial charge in [0.25, 0.3) is 5.91 Å². The number of aliphatic carboxylic acids is 1. The summed E-state index contributed by atoms with van der Waals surface area (Å²) in [6.07, 6.45) is 7.06. The van der Waals surface area contributed by atoms with Crippen LogP contribution in [0.5, 0.6) is 0 Å². The van der Waals surface area contributed by atoms with Crippen molar-refractivity contribution in [2.24, 2.45) is 0 Å². The maximum Gasteiger partial charge on any atom is 0.326 e. The number of nitrogens with zero attached hydrogens (tertiary/aromatic N) is 1. The van der Waals surface area contributed by atoms with Crippen LogP contribution >= 0.6 is 0 Å². The minimum absolute atomic E-state index is 0.276. The second-order valence-corrected chi connectivity index (χ2v) is 5.70. The van der Waals surface area contributed by atoms with Gasteiger partial charge in [-0.15, -0.1) is 0 Å². The van der Waals surface area contributed by atoms with Crippen molar-refractivity contribution < 1.29 is 14.7 Å². The van der Waals surface area contributed by atoms with E-state index in [2.05, 4.69) is 15.5 Å². The lowest BCUT2D eigenvalue weighted by Gasteiger charge is -2.19. The molecule has 1 unspecified atom stereocenters. The molecular formula is C15H23N3O3. The standard InChI is InChI=1S/C15H23N3O3/c1-2-6-11(15(20)21)16-14(19)13-9-12(17-18-13)10-7-4-3-5-8-10/h9-11H,2-8H2,1H3,(H,16,19)(H,17,18)(H,20,21). The molecule has 1 aliphatic rings. The first-order valence-electron chi connectivity index (χ1n) is 7.70. The highest BCUT2D eigenvalue weighted by Crippen LogP contribution is 2.31. The molecule has 6 nitrogen and oxygen atoms in total. The average molecular weight is 293 g/mol. The minimum atomic E-state index is -1.01. The third-order valence-electron chi connectivity index (χ3n) is 4.06. The van der Waals surface area contributed by atoms with Crippen LogP contribution in [-0.4, -0.2) is 33.2 Å². The molecule has 1 fully saturated rings. The summed E-state index contributed by atoms with van der Waals surface area (Å²) in [7, 11) is 0. The van der Waals surface area contributed by atoms with Gasteiger partial charge in [0.2, 0.25) is 0 Å². The Morgan fingerprint density at radius 3 is 2.76 bits per heavy atom. The summed E-state index contributed by atoms with van der Waals surface area (Å²) in [6, 6.07) is 0.910. The summed E-state index contributed by atoms with van der Waals surface area (Å²) in [5, 5.41) is 18.6. The van der Waals surface area contributed by atoms with Crippen LogP contribution in [-0.2, 0) is 4.79 Å². The van der Waals surface area contributed by atoms with Crippen molar-refractivity contribution in [3.63, 3.8) is 0 Å². The molecule has 0 bridgehead atoms. The number of hydrogen-bond donors (Lipinski definition) is 3. The molecule has 0 radical (unpaired) electrons. The van der Waals surface area contributed by atoms with E-state index >= 15 is 0 Å². The van der Waals surface area contributed by atoms with E-state index in [9.17, 15) is 9.59 Å². The van der Waals surface area contributed by atoms with E-state index in [0.29, 0.717) is 18.8 Å². The minimum Gasteiger partial charge on any atom is -0.480 e. The van der Waals surface area contributed by atoms with Crippen LogP contribution in [0.1, 0.15) is 74.0 Å². The van der Waals surface area contributed by atoms with Crippen LogP contribution in [0.15, 0.2) is 6.07 Å². The molecule has 116 valence electrons. The summed E-state index contributed by atoms with van der Waals surface area (Å²) in [5.41, 5.74) is 1.26. The van der Waals surface area contributed by atoms with E-state index < -0.39 is 17.9 Å². The van der Waals surface area contributed by atoms with E-state index in [-0.39, 0.29) is 5.69 Å². The van der Waals surface area contributed by atoms with Gasteiger partial charge in [-0.25, -0.2) is 4.79 Å². The molecule has 1 saturated carbocycles. The smallest absolute Gasteiger partial charge is 0.326 e. The molecule has 1 aromatic rings. The van der Waals surface area contributed by atoms with Gasteiger partial charge >= 0.3 is 5.97 Å². The Kier molecular flexibility index (Phi) is 5.36. The van der Waals surface area contributed by atoms with Crippen LogP contribution in [0.4, 0.5) is 0 Å². The van der Waals surface area contributed by atoms with Gasteiger partial charge in [0.15, 0.2) is 0 Å². The quantitative estimate of drug-likeness (QED) is 0.750. The van der Waals surface area contributed by atoms with E-state index in [1.54, 1.807) is 6.07 Å². The number of nitrogens with one attached hydrogen (secondary N) is 2. The van der Waals surface area contributed by atoms with Crippen LogP contribution in [0.25, 0.3) is 0 Å². The first-order chi connectivity index (χ1) is 10.1. The zero-order chi connectivity index (χ0) is 15.2. The summed E-state index contributed by atoms with van der Waals surface area (Å²) in [6.45, 7) is 1.89. The predicted molar refractivity (Wildman–Crippen MR) is 78.2 cm³/mol. The normalized spacial score (nSPS) is 17.4. The number of carbonyl (C=O) groups excluding carboxylic acids is 1. The van der Waals surface area contributed by atoms with Gasteiger partial charge in [0.05, 0.1) is 0 Å². The van der Waals surface area contributed by atoms with E-state index in [1.807, 2.05) is 6.92 Å². The van der Waals surface area contributed by atoms with E-state index in [4.69, 9.17) is 5.11 Å². The van der Waals surface area contributed by atoms with Crippen molar-refractivity contribution in [1.82, 2.24) is 15.5 Å². The third-order valence-corrected chi connectivity index (χ3v) is 4.06. The van der Waals surface area contributed by atoms with Crippen LogP contribution in [0.2, 0.25) is 0 Å². The maximum absolute atomic E-state index is 12.1. The van der Waals surface area contributed by atoms with Crippen molar-refractivity contribution in [3.05, 3.63) is 17.5 Å². The maximum atomic E-state index is 12.1. The van der Waals surface area contributed by atoms with E-state index in [1.165, 1.54) is 19.3 Å². The summed E-state index contributed by atoms with van der Waals surface area (Å²) in [5.74, 6) is -0.985. The Bertz CT molecular complexity index is 492. The van der Waals surface area contributed by atoms with Crippen molar-refractivity contribution in [2.75, 3.05) is 0 Å². The number of aromatic nitrogens is 2. The molecule has 3 N–H and O–H groups in total. The highest BCUT2D eigenvalue weighted by Gasteiger charge is 2.23. The largest absolute Gasteiger partial charge is 0.480 e. The molecule has 1 aliphatic carbocycles. The fraction of sp³-hybridized carbons (Fsp3) is 0.667. The second kappa shape index (κ2) is 7.24. The number of hydrogen-bond acceptors (Lipinski definition) is 3. The molecule has 21 heavy (non-hydrogen) atoms. The number of carboxylic acid groups (broad SMARTS) is 1. The predicted octanol–water partition coefficient (Wildman–Crippen LogP) is 2.44. The van der Waals surface area contributed by atoms with Crippen molar-refractivity contribution >= 4 is 11.9 Å². The van der Waals surface area contributed by atoms with Gasteiger partial charge in [0.1, 0.15) is 11.7 Å². The average Bonchev–Trinajstić information content (AvgIpc) is 2.97. The van der Waals surface area contributed by atoms with Crippen molar-refractivity contribution in [1.29, 1.82) is 0 Å². The summed E-state index contributed by atoms with van der Waals surface area (Å²) < 4.78 is 0. The summed E-state index contributed by atoms with van der Waals surface area (Å²) >= 11 is 0. The fourth-order valence-corrected chi connectivity index (χ4v) is 2.85. The van der Waals surface area contributed by atoms with Gasteiger partial charge in [0, 0.05) is 11.6 Å². The molecule has 6 heteroatoms. The summed E-state index contributed by atoms with van der Waals surface area (Å²) in [4.78, 5) is 23.1. The lowest BCUT2D eigenvalue weighted by molar-refractivity contribution is -0.139. The lowest BCUT2D eigenvalue weighted by atomic mass is 9.87. The third kappa shape index (κ3) is 4.06. The van der Waals surface area contributed by atoms with Crippen LogP contribution in [0, 0.1) is 0 Å². The number of carbonyl (C=O) groups is 2. The SMILES string of the molecule is CCCC(NC(=O)c1cc(C2CCCCC2)[nH]n1)C(=O)O. The Balaban J connectivity index is 1.99.